The minimum atomic E-state index is -5.08. The quantitative estimate of drug-likeness (QED) is 0.584. The zero-order chi connectivity index (χ0) is 24.3. The van der Waals surface area contributed by atoms with E-state index in [0.717, 1.165) is 35.9 Å². The zero-order valence-corrected chi connectivity index (χ0v) is 18.4. The molecule has 0 saturated heterocycles. The molecule has 32 heavy (non-hydrogen) atoms. The normalized spacial score (nSPS) is 11.1. The number of primary amides is 1. The molecule has 0 unspecified atom stereocenters. The minimum absolute atomic E-state index is 0.414. The van der Waals surface area contributed by atoms with Crippen LogP contribution >= 0.6 is 0 Å². The molecular formula is C23H29F3N2O4. The standard InChI is InChI=1S/C21H28N2O2.C2HF3O2/c1-16(2)11-12-23(3)13-14-25-20-9-7-17(8-10-20)18-5-4-6-19(15-18)21(22)24;3-2(4,5)1(6)7/h4-10,15-16H,11-14H2,1-3H3,(H2,22,24);(H,6,7). The van der Waals surface area contributed by atoms with E-state index in [1.807, 2.05) is 42.5 Å². The van der Waals surface area contributed by atoms with E-state index in [2.05, 4.69) is 25.8 Å². The minimum Gasteiger partial charge on any atom is -0.492 e. The first kappa shape index (κ1) is 27.0. The lowest BCUT2D eigenvalue weighted by molar-refractivity contribution is -0.192. The summed E-state index contributed by atoms with van der Waals surface area (Å²) < 4.78 is 37.6. The first-order chi connectivity index (χ1) is 14.9. The maximum absolute atomic E-state index is 11.3. The first-order valence-corrected chi connectivity index (χ1v) is 10.0. The van der Waals surface area contributed by atoms with Crippen molar-refractivity contribution >= 4 is 11.9 Å². The van der Waals surface area contributed by atoms with Crippen molar-refractivity contribution in [2.75, 3.05) is 26.7 Å². The summed E-state index contributed by atoms with van der Waals surface area (Å²) in [6.45, 7) is 7.16. The fourth-order valence-corrected chi connectivity index (χ4v) is 2.51. The number of likely N-dealkylation sites (N-methyl/N-ethyl adjacent to an activating group) is 1. The Kier molecular flexibility index (Phi) is 10.7. The van der Waals surface area contributed by atoms with Crippen LogP contribution in [0.25, 0.3) is 11.1 Å². The fraction of sp³-hybridized carbons (Fsp3) is 0.391. The van der Waals surface area contributed by atoms with Crippen molar-refractivity contribution in [3.8, 4) is 16.9 Å². The van der Waals surface area contributed by atoms with E-state index in [1.165, 1.54) is 6.42 Å². The van der Waals surface area contributed by atoms with Crippen molar-refractivity contribution in [3.63, 3.8) is 0 Å². The van der Waals surface area contributed by atoms with Crippen LogP contribution in [0.1, 0.15) is 30.6 Å². The topological polar surface area (TPSA) is 92.9 Å². The molecule has 6 nitrogen and oxygen atoms in total. The van der Waals surface area contributed by atoms with Crippen LogP contribution in [0.5, 0.6) is 5.75 Å². The molecule has 0 aromatic heterocycles. The largest absolute Gasteiger partial charge is 0.492 e. The van der Waals surface area contributed by atoms with E-state index >= 15 is 0 Å². The van der Waals surface area contributed by atoms with Crippen molar-refractivity contribution in [2.45, 2.75) is 26.4 Å². The van der Waals surface area contributed by atoms with Gasteiger partial charge in [0.25, 0.3) is 0 Å². The summed E-state index contributed by atoms with van der Waals surface area (Å²) in [6, 6.07) is 15.2. The van der Waals surface area contributed by atoms with Crippen molar-refractivity contribution in [1.29, 1.82) is 0 Å². The van der Waals surface area contributed by atoms with Gasteiger partial charge in [-0.2, -0.15) is 13.2 Å². The van der Waals surface area contributed by atoms with Crippen LogP contribution in [0.3, 0.4) is 0 Å². The summed E-state index contributed by atoms with van der Waals surface area (Å²) in [5, 5.41) is 7.12. The Morgan fingerprint density at radius 2 is 1.66 bits per heavy atom. The highest BCUT2D eigenvalue weighted by atomic mass is 19.4. The summed E-state index contributed by atoms with van der Waals surface area (Å²) >= 11 is 0. The van der Waals surface area contributed by atoms with Crippen molar-refractivity contribution < 1.29 is 32.6 Å². The number of benzene rings is 2. The van der Waals surface area contributed by atoms with Gasteiger partial charge >= 0.3 is 12.1 Å². The summed E-state index contributed by atoms with van der Waals surface area (Å²) in [6.07, 6.45) is -3.88. The van der Waals surface area contributed by atoms with Gasteiger partial charge in [0.15, 0.2) is 0 Å². The molecule has 0 heterocycles. The summed E-state index contributed by atoms with van der Waals surface area (Å²) in [7, 11) is 2.13. The lowest BCUT2D eigenvalue weighted by Crippen LogP contribution is -2.26. The summed E-state index contributed by atoms with van der Waals surface area (Å²) in [5.74, 6) is -1.59. The number of ether oxygens (including phenoxy) is 1. The molecule has 0 saturated carbocycles. The predicted octanol–water partition coefficient (Wildman–Crippen LogP) is 4.44. The molecule has 0 atom stereocenters. The van der Waals surface area contributed by atoms with E-state index in [1.54, 1.807) is 6.07 Å². The Morgan fingerprint density at radius 3 is 2.16 bits per heavy atom. The number of carboxylic acid groups (broad SMARTS) is 1. The number of aliphatic carboxylic acids is 1. The number of rotatable bonds is 9. The molecule has 2 aromatic carbocycles. The van der Waals surface area contributed by atoms with E-state index in [0.29, 0.717) is 12.2 Å². The average Bonchev–Trinajstić information content (AvgIpc) is 2.72. The molecular weight excluding hydrogens is 425 g/mol. The molecule has 2 rings (SSSR count). The van der Waals surface area contributed by atoms with Gasteiger partial charge in [0.1, 0.15) is 12.4 Å². The lowest BCUT2D eigenvalue weighted by Gasteiger charge is -2.18. The van der Waals surface area contributed by atoms with Gasteiger partial charge < -0.3 is 20.5 Å². The second-order valence-electron chi connectivity index (χ2n) is 7.61. The molecule has 0 aliphatic heterocycles. The van der Waals surface area contributed by atoms with Crippen LogP contribution in [-0.4, -0.2) is 54.8 Å². The van der Waals surface area contributed by atoms with Gasteiger partial charge in [-0.3, -0.25) is 4.79 Å². The number of hydrogen-bond donors (Lipinski definition) is 2. The van der Waals surface area contributed by atoms with E-state index in [-0.39, 0.29) is 0 Å². The Morgan fingerprint density at radius 1 is 1.06 bits per heavy atom. The molecule has 3 N–H and O–H groups in total. The number of amides is 1. The average molecular weight is 454 g/mol. The highest BCUT2D eigenvalue weighted by Crippen LogP contribution is 2.23. The van der Waals surface area contributed by atoms with Crippen molar-refractivity contribution in [1.82, 2.24) is 4.90 Å². The number of carbonyl (C=O) groups excluding carboxylic acids is 1. The van der Waals surface area contributed by atoms with Crippen molar-refractivity contribution in [2.24, 2.45) is 11.7 Å². The Bertz CT molecular complexity index is 868. The van der Waals surface area contributed by atoms with Crippen LogP contribution in [-0.2, 0) is 4.79 Å². The monoisotopic (exact) mass is 454 g/mol. The SMILES string of the molecule is CC(C)CCN(C)CCOc1ccc(-c2cccc(C(N)=O)c2)cc1.O=C(O)C(F)(F)F. The van der Waals surface area contributed by atoms with E-state index in [4.69, 9.17) is 20.4 Å². The smallest absolute Gasteiger partial charge is 0.490 e. The van der Waals surface area contributed by atoms with Crippen LogP contribution in [0.15, 0.2) is 48.5 Å². The third kappa shape index (κ3) is 10.3. The molecule has 9 heteroatoms. The van der Waals surface area contributed by atoms with Gasteiger partial charge in [0.2, 0.25) is 5.91 Å². The molecule has 1 amide bonds. The number of carbonyl (C=O) groups is 2. The van der Waals surface area contributed by atoms with E-state index < -0.39 is 18.1 Å². The van der Waals surface area contributed by atoms with Gasteiger partial charge in [-0.25, -0.2) is 4.79 Å². The van der Waals surface area contributed by atoms with Gasteiger partial charge in [-0.1, -0.05) is 38.1 Å². The molecule has 0 radical (unpaired) electrons. The van der Waals surface area contributed by atoms with Crippen LogP contribution in [0.4, 0.5) is 13.2 Å². The number of halogens is 3. The van der Waals surface area contributed by atoms with Gasteiger partial charge in [0.05, 0.1) is 0 Å². The number of nitrogens with two attached hydrogens (primary N) is 1. The highest BCUT2D eigenvalue weighted by Gasteiger charge is 2.38. The predicted molar refractivity (Wildman–Crippen MR) is 117 cm³/mol. The van der Waals surface area contributed by atoms with Crippen LogP contribution in [0.2, 0.25) is 0 Å². The van der Waals surface area contributed by atoms with Gasteiger partial charge in [0, 0.05) is 12.1 Å². The maximum atomic E-state index is 11.3. The Labute approximate surface area is 185 Å². The van der Waals surface area contributed by atoms with Crippen molar-refractivity contribution in [3.05, 3.63) is 54.1 Å². The first-order valence-electron chi connectivity index (χ1n) is 10.0. The van der Waals surface area contributed by atoms with E-state index in [9.17, 15) is 18.0 Å². The zero-order valence-electron chi connectivity index (χ0n) is 18.4. The fourth-order valence-electron chi connectivity index (χ4n) is 2.51. The Balaban J connectivity index is 0.000000633. The third-order valence-electron chi connectivity index (χ3n) is 4.41. The number of carboxylic acids is 1. The molecule has 0 aliphatic rings. The highest BCUT2D eigenvalue weighted by molar-refractivity contribution is 5.94. The van der Waals surface area contributed by atoms with Gasteiger partial charge in [-0.15, -0.1) is 0 Å². The summed E-state index contributed by atoms with van der Waals surface area (Å²) in [4.78, 5) is 22.5. The number of nitrogens with zero attached hydrogens (tertiary/aromatic N) is 1. The molecule has 2 aromatic rings. The second kappa shape index (κ2) is 12.7. The maximum Gasteiger partial charge on any atom is 0.490 e. The summed E-state index contributed by atoms with van der Waals surface area (Å²) in [5.41, 5.74) is 7.86. The lowest BCUT2D eigenvalue weighted by atomic mass is 10.0. The Hall–Kier alpha value is -3.07. The molecule has 0 spiro atoms. The van der Waals surface area contributed by atoms with Crippen LogP contribution in [0, 0.1) is 5.92 Å². The number of alkyl halides is 3. The molecule has 0 bridgehead atoms. The molecule has 176 valence electrons. The number of hydrogen-bond acceptors (Lipinski definition) is 4. The third-order valence-corrected chi connectivity index (χ3v) is 4.41. The van der Waals surface area contributed by atoms with Gasteiger partial charge in [-0.05, 0) is 61.3 Å². The molecule has 0 aliphatic carbocycles. The second-order valence-corrected chi connectivity index (χ2v) is 7.61. The molecule has 0 fully saturated rings. The van der Waals surface area contributed by atoms with Crippen LogP contribution < -0.4 is 10.5 Å².